The number of benzene rings is 2. The van der Waals surface area contributed by atoms with Crippen LogP contribution in [-0.2, 0) is 6.42 Å². The third-order valence-electron chi connectivity index (χ3n) is 10.8. The van der Waals surface area contributed by atoms with Crippen LogP contribution in [0.25, 0.3) is 32.9 Å². The van der Waals surface area contributed by atoms with Crippen molar-refractivity contribution < 1.29 is 31.8 Å². The second-order valence-corrected chi connectivity index (χ2v) is 13.4. The van der Waals surface area contributed by atoms with Crippen molar-refractivity contribution in [1.29, 1.82) is 0 Å². The van der Waals surface area contributed by atoms with E-state index in [1.165, 1.54) is 30.5 Å². The number of fused-ring (bicyclic) bond motifs is 5. The summed E-state index contributed by atoms with van der Waals surface area (Å²) in [6.07, 6.45) is 3.52. The molecule has 46 heavy (non-hydrogen) atoms. The fourth-order valence-corrected chi connectivity index (χ4v) is 8.52. The number of anilines is 1. The number of hydrogen-bond acceptors (Lipinski definition) is 7. The minimum Gasteiger partial charge on any atom is -0.508 e. The smallest absolute Gasteiger partial charge is 0.319 e. The maximum atomic E-state index is 16.8. The first-order chi connectivity index (χ1) is 22.1. The first-order valence-electron chi connectivity index (χ1n) is 16.0. The van der Waals surface area contributed by atoms with Gasteiger partial charge in [-0.3, -0.25) is 9.88 Å². The lowest BCUT2D eigenvalue weighted by Crippen LogP contribution is -2.49. The highest BCUT2D eigenvalue weighted by atomic mass is 19.3. The molecule has 242 valence electrons. The largest absolute Gasteiger partial charge is 0.508 e. The van der Waals surface area contributed by atoms with Crippen molar-refractivity contribution in [3.8, 4) is 23.0 Å². The number of ether oxygens (including phenoxy) is 1. The molecule has 1 N–H and O–H groups in total. The van der Waals surface area contributed by atoms with E-state index in [0.717, 1.165) is 19.4 Å². The SMILES string of the molecule is CCc1c(F)ccc2cc(O)cc(-c3ncc4c(N5C[C@H]6CC[C@@H](C5)C6(F)F)nc(OC[C@@]56CCCN5C[C@H](F)C6)nc4c3F)c12. The van der Waals surface area contributed by atoms with Crippen LogP contribution in [0.5, 0.6) is 11.8 Å². The molecule has 3 saturated heterocycles. The third kappa shape index (κ3) is 4.50. The highest BCUT2D eigenvalue weighted by Crippen LogP contribution is 2.50. The number of aromatic nitrogens is 3. The number of piperidine rings is 1. The topological polar surface area (TPSA) is 74.6 Å². The van der Waals surface area contributed by atoms with Crippen LogP contribution >= 0.6 is 0 Å². The molecule has 2 bridgehead atoms. The zero-order valence-corrected chi connectivity index (χ0v) is 25.4. The molecule has 0 spiro atoms. The predicted octanol–water partition coefficient (Wildman–Crippen LogP) is 6.83. The molecule has 4 fully saturated rings. The maximum Gasteiger partial charge on any atom is 0.319 e. The first-order valence-corrected chi connectivity index (χ1v) is 16.0. The van der Waals surface area contributed by atoms with Crippen molar-refractivity contribution in [2.24, 2.45) is 11.8 Å². The Morgan fingerprint density at radius 2 is 1.85 bits per heavy atom. The molecule has 1 aliphatic carbocycles. The Morgan fingerprint density at radius 1 is 1.07 bits per heavy atom. The number of rotatable bonds is 6. The number of alkyl halides is 3. The molecule has 3 aliphatic heterocycles. The van der Waals surface area contributed by atoms with Crippen molar-refractivity contribution >= 4 is 27.5 Å². The number of phenols is 1. The Labute approximate surface area is 262 Å². The Morgan fingerprint density at radius 3 is 2.61 bits per heavy atom. The fourth-order valence-electron chi connectivity index (χ4n) is 8.52. The van der Waals surface area contributed by atoms with E-state index in [4.69, 9.17) is 4.74 Å². The van der Waals surface area contributed by atoms with Gasteiger partial charge in [0.2, 0.25) is 0 Å². The zero-order valence-electron chi connectivity index (χ0n) is 25.4. The van der Waals surface area contributed by atoms with Crippen molar-refractivity contribution in [2.45, 2.75) is 63.1 Å². The predicted molar refractivity (Wildman–Crippen MR) is 163 cm³/mol. The average Bonchev–Trinajstić information content (AvgIpc) is 3.56. The summed E-state index contributed by atoms with van der Waals surface area (Å²) >= 11 is 0. The molecule has 2 aromatic carbocycles. The summed E-state index contributed by atoms with van der Waals surface area (Å²) in [4.78, 5) is 17.4. The van der Waals surface area contributed by atoms with Gasteiger partial charge in [-0.2, -0.15) is 9.97 Å². The number of halogens is 5. The van der Waals surface area contributed by atoms with Crippen molar-refractivity contribution in [3.05, 3.63) is 47.7 Å². The van der Waals surface area contributed by atoms with Crippen molar-refractivity contribution in [2.75, 3.05) is 37.7 Å². The lowest BCUT2D eigenvalue weighted by molar-refractivity contribution is -0.0830. The lowest BCUT2D eigenvalue weighted by Gasteiger charge is -2.38. The second-order valence-electron chi connectivity index (χ2n) is 13.4. The minimum atomic E-state index is -2.78. The van der Waals surface area contributed by atoms with Gasteiger partial charge in [0.05, 0.1) is 10.9 Å². The molecule has 2 aromatic heterocycles. The van der Waals surface area contributed by atoms with Gasteiger partial charge in [-0.1, -0.05) is 13.0 Å². The summed E-state index contributed by atoms with van der Waals surface area (Å²) in [7, 11) is 0. The molecule has 4 aromatic rings. The van der Waals surface area contributed by atoms with Gasteiger partial charge in [-0.05, 0) is 73.2 Å². The zero-order chi connectivity index (χ0) is 32.0. The van der Waals surface area contributed by atoms with Crippen LogP contribution in [0.1, 0.15) is 44.6 Å². The summed E-state index contributed by atoms with van der Waals surface area (Å²) in [5.74, 6) is -5.68. The molecule has 0 amide bonds. The van der Waals surface area contributed by atoms with Crippen LogP contribution in [0.2, 0.25) is 0 Å². The summed E-state index contributed by atoms with van der Waals surface area (Å²) in [6, 6.07) is 5.54. The quantitative estimate of drug-likeness (QED) is 0.232. The van der Waals surface area contributed by atoms with Crippen LogP contribution in [0.3, 0.4) is 0 Å². The number of aryl methyl sites for hydroxylation is 1. The molecule has 0 unspecified atom stereocenters. The normalized spacial score (nSPS) is 27.2. The van der Waals surface area contributed by atoms with Gasteiger partial charge in [0.1, 0.15) is 41.4 Å². The van der Waals surface area contributed by atoms with E-state index in [0.29, 0.717) is 48.6 Å². The third-order valence-corrected chi connectivity index (χ3v) is 10.8. The standard InChI is InChI=1S/C34H34F5N5O2/c1-2-23-26(36)7-4-18-10-22(45)11-24(27(18)23)29-28(37)30-25(13-40-29)31(43-14-19-5-6-20(15-43)34(19,38)39)42-32(41-30)46-17-33-8-3-9-44(33)16-21(35)12-33/h4,7,10-11,13,19-21,45H,2-3,5-6,8-9,12,14-17H2,1H3/t19-,20+,21-,33+/m1/s1. The molecular weight excluding hydrogens is 605 g/mol. The van der Waals surface area contributed by atoms with E-state index in [1.807, 2.05) is 0 Å². The minimum absolute atomic E-state index is 0.0377. The van der Waals surface area contributed by atoms with Crippen LogP contribution < -0.4 is 9.64 Å². The highest BCUT2D eigenvalue weighted by Gasteiger charge is 2.56. The van der Waals surface area contributed by atoms with Gasteiger partial charge >= 0.3 is 6.01 Å². The van der Waals surface area contributed by atoms with Gasteiger partial charge in [-0.25, -0.2) is 22.0 Å². The molecule has 1 saturated carbocycles. The van der Waals surface area contributed by atoms with E-state index in [9.17, 15) is 22.7 Å². The molecule has 4 atom stereocenters. The second kappa shape index (κ2) is 10.6. The van der Waals surface area contributed by atoms with Crippen molar-refractivity contribution in [1.82, 2.24) is 19.9 Å². The molecule has 8 rings (SSSR count). The van der Waals surface area contributed by atoms with Gasteiger partial charge in [0.25, 0.3) is 5.92 Å². The van der Waals surface area contributed by atoms with E-state index < -0.39 is 41.1 Å². The maximum absolute atomic E-state index is 16.8. The summed E-state index contributed by atoms with van der Waals surface area (Å²) < 4.78 is 82.1. The number of pyridine rings is 1. The molecule has 12 heteroatoms. The molecule has 0 radical (unpaired) electrons. The first kappa shape index (κ1) is 29.6. The van der Waals surface area contributed by atoms with Gasteiger partial charge in [0.15, 0.2) is 5.82 Å². The highest BCUT2D eigenvalue weighted by molar-refractivity contribution is 6.01. The van der Waals surface area contributed by atoms with Crippen LogP contribution in [-0.4, -0.2) is 75.4 Å². The van der Waals surface area contributed by atoms with Gasteiger partial charge in [0, 0.05) is 49.7 Å². The Balaban J connectivity index is 1.27. The number of aromatic hydroxyl groups is 1. The monoisotopic (exact) mass is 639 g/mol. The van der Waals surface area contributed by atoms with Crippen molar-refractivity contribution in [3.63, 3.8) is 0 Å². The summed E-state index contributed by atoms with van der Waals surface area (Å²) in [5.41, 5.74) is -0.228. The molecular formula is C34H34F5N5O2. The number of nitrogens with zero attached hydrogens (tertiary/aromatic N) is 5. The van der Waals surface area contributed by atoms with Crippen LogP contribution in [0, 0.1) is 23.5 Å². The average molecular weight is 640 g/mol. The number of hydrogen-bond donors (Lipinski definition) is 1. The summed E-state index contributed by atoms with van der Waals surface area (Å²) in [6.45, 7) is 3.07. The lowest BCUT2D eigenvalue weighted by atomic mass is 9.93. The van der Waals surface area contributed by atoms with Crippen LogP contribution in [0.15, 0.2) is 30.5 Å². The van der Waals surface area contributed by atoms with E-state index in [2.05, 4.69) is 19.9 Å². The Hall–Kier alpha value is -3.80. The molecule has 7 nitrogen and oxygen atoms in total. The van der Waals surface area contributed by atoms with Crippen LogP contribution in [0.4, 0.5) is 27.8 Å². The Bertz CT molecular complexity index is 1860. The van der Waals surface area contributed by atoms with E-state index in [-0.39, 0.29) is 59.4 Å². The van der Waals surface area contributed by atoms with E-state index in [1.54, 1.807) is 11.8 Å². The number of phenolic OH excluding ortho intramolecular Hbond substituents is 1. The van der Waals surface area contributed by atoms with Gasteiger partial charge in [-0.15, -0.1) is 0 Å². The Kier molecular flexibility index (Phi) is 6.83. The van der Waals surface area contributed by atoms with Gasteiger partial charge < -0.3 is 14.7 Å². The fraction of sp³-hybridized carbons (Fsp3) is 0.500. The summed E-state index contributed by atoms with van der Waals surface area (Å²) in [5, 5.41) is 11.7. The van der Waals surface area contributed by atoms with E-state index >= 15 is 4.39 Å². The molecule has 5 heterocycles. The molecule has 4 aliphatic rings.